The number of methoxy groups -OCH3 is 2. The van der Waals surface area contributed by atoms with E-state index in [0.29, 0.717) is 11.4 Å². The number of anilines is 4. The van der Waals surface area contributed by atoms with Gasteiger partial charge < -0.3 is 20.1 Å². The topological polar surface area (TPSA) is 110 Å². The highest BCUT2D eigenvalue weighted by Gasteiger charge is 2.13. The van der Waals surface area contributed by atoms with Gasteiger partial charge in [-0.2, -0.15) is 15.0 Å². The van der Waals surface area contributed by atoms with Crippen molar-refractivity contribution in [2.45, 2.75) is 0 Å². The lowest BCUT2D eigenvalue weighted by atomic mass is 10.0. The lowest BCUT2D eigenvalue weighted by Crippen LogP contribution is -2.22. The maximum atomic E-state index is 12.5. The number of amides is 2. The number of aromatic nitrogens is 3. The summed E-state index contributed by atoms with van der Waals surface area (Å²) in [5.41, 5.74) is 3.31. The molecule has 9 nitrogen and oxygen atoms in total. The molecule has 4 aromatic rings. The zero-order chi connectivity index (χ0) is 23.0. The van der Waals surface area contributed by atoms with Gasteiger partial charge in [0, 0.05) is 11.3 Å². The van der Waals surface area contributed by atoms with Gasteiger partial charge >= 0.3 is 12.0 Å². The second kappa shape index (κ2) is 10.1. The Morgan fingerprint density at radius 3 is 2.12 bits per heavy atom. The van der Waals surface area contributed by atoms with Crippen molar-refractivity contribution in [2.75, 3.05) is 30.2 Å². The van der Waals surface area contributed by atoms with Crippen LogP contribution in [0.1, 0.15) is 0 Å². The fourth-order valence-electron chi connectivity index (χ4n) is 3.14. The minimum Gasteiger partial charge on any atom is -0.495 e. The molecule has 0 aliphatic carbocycles. The highest BCUT2D eigenvalue weighted by molar-refractivity contribution is 5.99. The van der Waals surface area contributed by atoms with E-state index < -0.39 is 6.03 Å². The van der Waals surface area contributed by atoms with Crippen LogP contribution in [0.3, 0.4) is 0 Å². The maximum Gasteiger partial charge on any atom is 0.326 e. The number of rotatable bonds is 7. The molecule has 0 fully saturated rings. The monoisotopic (exact) mass is 442 g/mol. The molecule has 1 aromatic heterocycles. The second-order valence-electron chi connectivity index (χ2n) is 6.79. The molecular formula is C24H22N6O3. The highest BCUT2D eigenvalue weighted by Crippen LogP contribution is 2.29. The molecule has 0 unspecified atom stereocenters. The van der Waals surface area contributed by atoms with Crippen LogP contribution in [0.4, 0.5) is 28.1 Å². The Morgan fingerprint density at radius 1 is 0.697 bits per heavy atom. The van der Waals surface area contributed by atoms with Crippen LogP contribution in [0.5, 0.6) is 11.8 Å². The SMILES string of the molecule is COc1nc(NC(=O)Nc2ccccc2OC)nc(Nc2ccccc2-c2ccccc2)n1. The third-order valence-electron chi connectivity index (χ3n) is 4.64. The van der Waals surface area contributed by atoms with Crippen molar-refractivity contribution in [3.63, 3.8) is 0 Å². The van der Waals surface area contributed by atoms with Gasteiger partial charge in [0.05, 0.1) is 19.9 Å². The lowest BCUT2D eigenvalue weighted by Gasteiger charge is -2.13. The van der Waals surface area contributed by atoms with E-state index in [2.05, 4.69) is 30.9 Å². The average molecular weight is 442 g/mol. The minimum atomic E-state index is -0.539. The van der Waals surface area contributed by atoms with Crippen LogP contribution >= 0.6 is 0 Å². The Labute approximate surface area is 190 Å². The molecule has 1 heterocycles. The molecule has 3 aromatic carbocycles. The van der Waals surface area contributed by atoms with Crippen LogP contribution in [0, 0.1) is 0 Å². The molecule has 0 atom stereocenters. The normalized spacial score (nSPS) is 10.2. The number of para-hydroxylation sites is 3. The van der Waals surface area contributed by atoms with Gasteiger partial charge in [-0.15, -0.1) is 0 Å². The van der Waals surface area contributed by atoms with E-state index in [1.807, 2.05) is 60.7 Å². The number of hydrogen-bond donors (Lipinski definition) is 3. The number of urea groups is 1. The van der Waals surface area contributed by atoms with Gasteiger partial charge in [0.25, 0.3) is 0 Å². The van der Waals surface area contributed by atoms with E-state index >= 15 is 0 Å². The molecule has 9 heteroatoms. The first-order valence-corrected chi connectivity index (χ1v) is 10.1. The summed E-state index contributed by atoms with van der Waals surface area (Å²) in [7, 11) is 2.97. The van der Waals surface area contributed by atoms with Crippen LogP contribution in [-0.2, 0) is 0 Å². The summed E-state index contributed by atoms with van der Waals surface area (Å²) < 4.78 is 10.4. The van der Waals surface area contributed by atoms with E-state index in [-0.39, 0.29) is 17.9 Å². The molecule has 0 aliphatic rings. The largest absolute Gasteiger partial charge is 0.495 e. The Bertz CT molecular complexity index is 1250. The number of nitrogens with one attached hydrogen (secondary N) is 3. The fraction of sp³-hybridized carbons (Fsp3) is 0.0833. The van der Waals surface area contributed by atoms with Crippen molar-refractivity contribution >= 4 is 29.3 Å². The molecule has 33 heavy (non-hydrogen) atoms. The van der Waals surface area contributed by atoms with E-state index in [1.54, 1.807) is 18.2 Å². The molecule has 0 spiro atoms. The standard InChI is InChI=1S/C24H22N6O3/c1-32-20-15-9-8-14-19(20)26-23(31)28-22-27-21(29-24(30-22)33-2)25-18-13-7-6-12-17(18)16-10-4-3-5-11-16/h3-15H,1-2H3,(H3,25,26,27,28,29,30,31). The third-order valence-corrected chi connectivity index (χ3v) is 4.64. The summed E-state index contributed by atoms with van der Waals surface area (Å²) in [6.07, 6.45) is 0. The number of benzene rings is 3. The van der Waals surface area contributed by atoms with Crippen molar-refractivity contribution in [2.24, 2.45) is 0 Å². The van der Waals surface area contributed by atoms with E-state index in [4.69, 9.17) is 9.47 Å². The Balaban J connectivity index is 1.56. The molecule has 0 bridgehead atoms. The first kappa shape index (κ1) is 21.6. The molecule has 166 valence electrons. The molecular weight excluding hydrogens is 420 g/mol. The van der Waals surface area contributed by atoms with E-state index in [9.17, 15) is 4.79 Å². The fourth-order valence-corrected chi connectivity index (χ4v) is 3.14. The summed E-state index contributed by atoms with van der Waals surface area (Å²) in [6, 6.07) is 24.3. The van der Waals surface area contributed by atoms with Crippen LogP contribution in [0.15, 0.2) is 78.9 Å². The second-order valence-corrected chi connectivity index (χ2v) is 6.79. The van der Waals surface area contributed by atoms with Crippen molar-refractivity contribution < 1.29 is 14.3 Å². The van der Waals surface area contributed by atoms with Crippen LogP contribution < -0.4 is 25.4 Å². The summed E-state index contributed by atoms with van der Waals surface area (Å²) in [4.78, 5) is 25.2. The van der Waals surface area contributed by atoms with Crippen molar-refractivity contribution in [1.29, 1.82) is 0 Å². The Hall–Kier alpha value is -4.66. The summed E-state index contributed by atoms with van der Waals surface area (Å²) in [5.74, 6) is 0.771. The lowest BCUT2D eigenvalue weighted by molar-refractivity contribution is 0.262. The number of ether oxygens (including phenoxy) is 2. The highest BCUT2D eigenvalue weighted by atomic mass is 16.5. The van der Waals surface area contributed by atoms with Gasteiger partial charge in [-0.3, -0.25) is 5.32 Å². The quantitative estimate of drug-likeness (QED) is 0.372. The van der Waals surface area contributed by atoms with Gasteiger partial charge in [-0.1, -0.05) is 60.7 Å². The zero-order valence-electron chi connectivity index (χ0n) is 18.1. The van der Waals surface area contributed by atoms with Gasteiger partial charge in [0.2, 0.25) is 11.9 Å². The molecule has 0 saturated carbocycles. The molecule has 4 rings (SSSR count). The Kier molecular flexibility index (Phi) is 6.60. The Morgan fingerprint density at radius 2 is 1.36 bits per heavy atom. The molecule has 2 amide bonds. The molecule has 0 aliphatic heterocycles. The number of nitrogens with zero attached hydrogens (tertiary/aromatic N) is 3. The number of carbonyl (C=O) groups excluding carboxylic acids is 1. The predicted octanol–water partition coefficient (Wildman–Crippen LogP) is 4.94. The van der Waals surface area contributed by atoms with Crippen molar-refractivity contribution in [3.05, 3.63) is 78.9 Å². The van der Waals surface area contributed by atoms with Crippen LogP contribution in [-0.4, -0.2) is 35.2 Å². The van der Waals surface area contributed by atoms with Gasteiger partial charge in [0.15, 0.2) is 0 Å². The maximum absolute atomic E-state index is 12.5. The first-order chi connectivity index (χ1) is 16.2. The van der Waals surface area contributed by atoms with E-state index in [0.717, 1.165) is 16.8 Å². The number of carbonyl (C=O) groups is 1. The van der Waals surface area contributed by atoms with Crippen LogP contribution in [0.2, 0.25) is 0 Å². The van der Waals surface area contributed by atoms with Gasteiger partial charge in [-0.25, -0.2) is 4.79 Å². The van der Waals surface area contributed by atoms with Gasteiger partial charge in [0.1, 0.15) is 5.75 Å². The zero-order valence-corrected chi connectivity index (χ0v) is 18.1. The third kappa shape index (κ3) is 5.34. The summed E-state index contributed by atoms with van der Waals surface area (Å²) >= 11 is 0. The predicted molar refractivity (Wildman–Crippen MR) is 127 cm³/mol. The average Bonchev–Trinajstić information content (AvgIpc) is 2.85. The van der Waals surface area contributed by atoms with Crippen LogP contribution in [0.25, 0.3) is 11.1 Å². The first-order valence-electron chi connectivity index (χ1n) is 10.1. The molecule has 0 saturated heterocycles. The molecule has 0 radical (unpaired) electrons. The van der Waals surface area contributed by atoms with Crippen molar-refractivity contribution in [3.8, 4) is 22.9 Å². The molecule has 3 N–H and O–H groups in total. The van der Waals surface area contributed by atoms with Gasteiger partial charge in [-0.05, 0) is 23.8 Å². The van der Waals surface area contributed by atoms with E-state index in [1.165, 1.54) is 14.2 Å². The minimum absolute atomic E-state index is 0.0222. The number of hydrogen-bond acceptors (Lipinski definition) is 7. The summed E-state index contributed by atoms with van der Waals surface area (Å²) in [6.45, 7) is 0. The smallest absolute Gasteiger partial charge is 0.326 e. The van der Waals surface area contributed by atoms with Crippen molar-refractivity contribution in [1.82, 2.24) is 15.0 Å². The summed E-state index contributed by atoms with van der Waals surface area (Å²) in [5, 5.41) is 8.50.